The van der Waals surface area contributed by atoms with Crippen LogP contribution in [0.5, 0.6) is 0 Å². The highest BCUT2D eigenvalue weighted by Gasteiger charge is 2.45. The fourth-order valence-electron chi connectivity index (χ4n) is 4.43. The molecule has 8 heteroatoms. The van der Waals surface area contributed by atoms with Crippen LogP contribution in [0.4, 0.5) is 5.69 Å². The van der Waals surface area contributed by atoms with Gasteiger partial charge < -0.3 is 16.8 Å². The zero-order chi connectivity index (χ0) is 25.8. The van der Waals surface area contributed by atoms with Crippen LogP contribution in [0.15, 0.2) is 71.0 Å². The van der Waals surface area contributed by atoms with E-state index in [0.717, 1.165) is 0 Å². The molecular weight excluding hydrogens is 442 g/mol. The number of rotatable bonds is 6. The molecule has 1 aliphatic carbocycles. The normalized spacial score (nSPS) is 17.8. The highest BCUT2D eigenvalue weighted by atomic mass is 16.2. The standard InChI is InChI=1S/C27H29N5O3/c1-16(33)31-19-11-9-17(10-12-19)23(24-21(34)13-27(2,3)14-22(24)35)20(15-28)26(30)32-25(29)18-7-5-4-6-8-18/h4-12,23-24H,13-14,30H2,1-3H3,(H2,29,32)(H,31,33)/b26-20-. The number of nitriles is 1. The van der Waals surface area contributed by atoms with Crippen LogP contribution in [-0.2, 0) is 14.4 Å². The second-order valence-electron chi connectivity index (χ2n) is 9.48. The molecule has 0 aliphatic heterocycles. The average Bonchev–Trinajstić information content (AvgIpc) is 2.78. The third-order valence-corrected chi connectivity index (χ3v) is 5.94. The van der Waals surface area contributed by atoms with E-state index in [0.29, 0.717) is 16.8 Å². The number of benzene rings is 2. The van der Waals surface area contributed by atoms with Crippen molar-refractivity contribution in [3.8, 4) is 6.07 Å². The van der Waals surface area contributed by atoms with Gasteiger partial charge in [0, 0.05) is 36.9 Å². The summed E-state index contributed by atoms with van der Waals surface area (Å²) in [4.78, 5) is 42.1. The molecule has 8 nitrogen and oxygen atoms in total. The van der Waals surface area contributed by atoms with Gasteiger partial charge in [-0.2, -0.15) is 5.26 Å². The van der Waals surface area contributed by atoms with E-state index in [4.69, 9.17) is 11.5 Å². The Morgan fingerprint density at radius 3 is 2.14 bits per heavy atom. The van der Waals surface area contributed by atoms with E-state index < -0.39 is 17.3 Å². The van der Waals surface area contributed by atoms with E-state index in [2.05, 4.69) is 16.4 Å². The van der Waals surface area contributed by atoms with E-state index in [1.807, 2.05) is 19.9 Å². The van der Waals surface area contributed by atoms with Crippen LogP contribution in [-0.4, -0.2) is 23.3 Å². The number of amidine groups is 1. The fraction of sp³-hybridized carbons (Fsp3) is 0.296. The van der Waals surface area contributed by atoms with Crippen molar-refractivity contribution in [2.45, 2.75) is 39.5 Å². The van der Waals surface area contributed by atoms with Crippen molar-refractivity contribution < 1.29 is 14.4 Å². The number of aliphatic imine (C=N–C) groups is 1. The van der Waals surface area contributed by atoms with Crippen LogP contribution in [0.2, 0.25) is 0 Å². The molecule has 0 spiro atoms. The van der Waals surface area contributed by atoms with Gasteiger partial charge in [0.05, 0.1) is 17.6 Å². The predicted octanol–water partition coefficient (Wildman–Crippen LogP) is 3.40. The molecule has 0 aromatic heterocycles. The summed E-state index contributed by atoms with van der Waals surface area (Å²) >= 11 is 0. The van der Waals surface area contributed by atoms with Crippen molar-refractivity contribution in [1.82, 2.24) is 0 Å². The van der Waals surface area contributed by atoms with Crippen molar-refractivity contribution in [1.29, 1.82) is 5.26 Å². The predicted molar refractivity (Wildman–Crippen MR) is 134 cm³/mol. The van der Waals surface area contributed by atoms with Crippen molar-refractivity contribution >= 4 is 29.0 Å². The molecule has 1 unspecified atom stereocenters. The Morgan fingerprint density at radius 1 is 1.06 bits per heavy atom. The lowest BCUT2D eigenvalue weighted by Gasteiger charge is -2.35. The average molecular weight is 472 g/mol. The maximum absolute atomic E-state index is 13.2. The number of carbonyl (C=O) groups is 3. The zero-order valence-corrected chi connectivity index (χ0v) is 20.0. The Hall–Kier alpha value is -4.25. The number of Topliss-reactive ketones (excluding diaryl/α,β-unsaturated/α-hetero) is 2. The summed E-state index contributed by atoms with van der Waals surface area (Å²) in [5.74, 6) is -2.79. The van der Waals surface area contributed by atoms with Crippen LogP contribution in [0.3, 0.4) is 0 Å². The van der Waals surface area contributed by atoms with Crippen LogP contribution in [0.25, 0.3) is 0 Å². The third kappa shape index (κ3) is 6.01. The molecule has 1 fully saturated rings. The van der Waals surface area contributed by atoms with Gasteiger partial charge in [-0.05, 0) is 23.1 Å². The van der Waals surface area contributed by atoms with Gasteiger partial charge in [-0.25, -0.2) is 4.99 Å². The smallest absolute Gasteiger partial charge is 0.221 e. The lowest BCUT2D eigenvalue weighted by Crippen LogP contribution is -2.41. The minimum absolute atomic E-state index is 0.0115. The Kier molecular flexibility index (Phi) is 7.50. The van der Waals surface area contributed by atoms with E-state index in [1.54, 1.807) is 48.5 Å². The molecule has 1 saturated carbocycles. The van der Waals surface area contributed by atoms with Crippen LogP contribution in [0.1, 0.15) is 50.7 Å². The lowest BCUT2D eigenvalue weighted by atomic mass is 9.65. The number of hydrogen-bond donors (Lipinski definition) is 3. The molecule has 0 saturated heterocycles. The summed E-state index contributed by atoms with van der Waals surface area (Å²) in [6, 6.07) is 17.7. The number of nitrogens with two attached hydrogens (primary N) is 2. The van der Waals surface area contributed by atoms with Gasteiger partial charge in [-0.3, -0.25) is 14.4 Å². The summed E-state index contributed by atoms with van der Waals surface area (Å²) in [6.07, 6.45) is 0.413. The first kappa shape index (κ1) is 25.4. The Balaban J connectivity index is 2.13. The zero-order valence-electron chi connectivity index (χ0n) is 20.0. The number of ketones is 2. The molecule has 35 heavy (non-hydrogen) atoms. The number of allylic oxidation sites excluding steroid dienone is 1. The van der Waals surface area contributed by atoms with Gasteiger partial charge in [-0.15, -0.1) is 0 Å². The second kappa shape index (κ2) is 10.3. The van der Waals surface area contributed by atoms with Crippen LogP contribution < -0.4 is 16.8 Å². The quantitative estimate of drug-likeness (QED) is 0.254. The fourth-order valence-corrected chi connectivity index (χ4v) is 4.43. The first-order valence-electron chi connectivity index (χ1n) is 11.2. The molecule has 2 aromatic carbocycles. The molecule has 1 aliphatic rings. The van der Waals surface area contributed by atoms with Gasteiger partial charge in [0.2, 0.25) is 5.91 Å². The molecule has 0 radical (unpaired) electrons. The summed E-state index contributed by atoms with van der Waals surface area (Å²) in [6.45, 7) is 5.14. The maximum Gasteiger partial charge on any atom is 0.221 e. The molecule has 0 heterocycles. The number of nitrogens with zero attached hydrogens (tertiary/aromatic N) is 2. The van der Waals surface area contributed by atoms with Crippen LogP contribution >= 0.6 is 0 Å². The van der Waals surface area contributed by atoms with Crippen molar-refractivity contribution in [2.75, 3.05) is 5.32 Å². The molecular formula is C27H29N5O3. The lowest BCUT2D eigenvalue weighted by molar-refractivity contribution is -0.140. The van der Waals surface area contributed by atoms with Crippen LogP contribution in [0, 0.1) is 22.7 Å². The Labute approximate surface area is 204 Å². The van der Waals surface area contributed by atoms with E-state index in [1.165, 1.54) is 6.92 Å². The molecule has 180 valence electrons. The van der Waals surface area contributed by atoms with Gasteiger partial charge in [0.1, 0.15) is 23.2 Å². The van der Waals surface area contributed by atoms with Gasteiger partial charge in [0.15, 0.2) is 0 Å². The van der Waals surface area contributed by atoms with Gasteiger partial charge in [-0.1, -0.05) is 56.3 Å². The van der Waals surface area contributed by atoms with Gasteiger partial charge >= 0.3 is 0 Å². The molecule has 3 rings (SSSR count). The number of amides is 1. The number of anilines is 1. The van der Waals surface area contributed by atoms with E-state index in [9.17, 15) is 19.6 Å². The topological polar surface area (TPSA) is 151 Å². The van der Waals surface area contributed by atoms with Crippen molar-refractivity contribution in [3.63, 3.8) is 0 Å². The number of nitrogens with one attached hydrogen (secondary N) is 1. The first-order valence-corrected chi connectivity index (χ1v) is 11.2. The summed E-state index contributed by atoms with van der Waals surface area (Å²) in [7, 11) is 0. The summed E-state index contributed by atoms with van der Waals surface area (Å²) < 4.78 is 0. The number of carbonyl (C=O) groups excluding carboxylic acids is 3. The molecule has 1 amide bonds. The van der Waals surface area contributed by atoms with Crippen molar-refractivity contribution in [3.05, 3.63) is 77.1 Å². The minimum atomic E-state index is -1.07. The maximum atomic E-state index is 13.2. The molecule has 1 atom stereocenters. The summed E-state index contributed by atoms with van der Waals surface area (Å²) in [5, 5.41) is 12.8. The Morgan fingerprint density at radius 2 is 1.63 bits per heavy atom. The number of hydrogen-bond acceptors (Lipinski definition) is 6. The highest BCUT2D eigenvalue weighted by Crippen LogP contribution is 2.43. The Bertz CT molecular complexity index is 1220. The first-order chi connectivity index (χ1) is 16.5. The van der Waals surface area contributed by atoms with Gasteiger partial charge in [0.25, 0.3) is 0 Å². The van der Waals surface area contributed by atoms with E-state index in [-0.39, 0.29) is 47.5 Å². The van der Waals surface area contributed by atoms with Crippen molar-refractivity contribution in [2.24, 2.45) is 27.8 Å². The van der Waals surface area contributed by atoms with E-state index >= 15 is 0 Å². The molecule has 5 N–H and O–H groups in total. The minimum Gasteiger partial charge on any atom is -0.383 e. The largest absolute Gasteiger partial charge is 0.383 e. The molecule has 2 aromatic rings. The molecule has 0 bridgehead atoms. The SMILES string of the molecule is CC(=O)Nc1ccc(C(/C(C#N)=C(N)\N=C(/N)c2ccccc2)C2C(=O)CC(C)(C)CC2=O)cc1. The monoisotopic (exact) mass is 471 g/mol. The highest BCUT2D eigenvalue weighted by molar-refractivity contribution is 6.06. The summed E-state index contributed by atoms with van der Waals surface area (Å²) in [5.41, 5.74) is 13.6. The second-order valence-corrected chi connectivity index (χ2v) is 9.48. The third-order valence-electron chi connectivity index (χ3n) is 5.94.